The van der Waals surface area contributed by atoms with E-state index in [1.54, 1.807) is 18.2 Å². The van der Waals surface area contributed by atoms with E-state index in [4.69, 9.17) is 27.9 Å². The molecule has 0 radical (unpaired) electrons. The quantitative estimate of drug-likeness (QED) is 0.845. The standard InChI is InChI=1S/C12H17Cl2NO/c1-9(8-15-2)5-6-16-12-4-3-10(13)7-11(12)14/h3-4,7,9,15H,5-6,8H2,1-2H3. The minimum Gasteiger partial charge on any atom is -0.492 e. The van der Waals surface area contributed by atoms with Gasteiger partial charge in [-0.3, -0.25) is 0 Å². The van der Waals surface area contributed by atoms with E-state index in [2.05, 4.69) is 12.2 Å². The predicted octanol–water partition coefficient (Wildman–Crippen LogP) is 3.62. The third-order valence-electron chi connectivity index (χ3n) is 2.31. The molecule has 90 valence electrons. The highest BCUT2D eigenvalue weighted by molar-refractivity contribution is 6.35. The van der Waals surface area contributed by atoms with Gasteiger partial charge in [0.2, 0.25) is 0 Å². The third-order valence-corrected chi connectivity index (χ3v) is 2.85. The van der Waals surface area contributed by atoms with Crippen molar-refractivity contribution in [2.24, 2.45) is 5.92 Å². The van der Waals surface area contributed by atoms with Crippen LogP contribution in [0.3, 0.4) is 0 Å². The number of halogens is 2. The zero-order valence-corrected chi connectivity index (χ0v) is 11.1. The molecule has 4 heteroatoms. The first-order valence-corrected chi connectivity index (χ1v) is 6.11. The highest BCUT2D eigenvalue weighted by atomic mass is 35.5. The number of hydrogen-bond donors (Lipinski definition) is 1. The average Bonchev–Trinajstić information content (AvgIpc) is 2.22. The first-order valence-electron chi connectivity index (χ1n) is 5.36. The normalized spacial score (nSPS) is 12.5. The summed E-state index contributed by atoms with van der Waals surface area (Å²) >= 11 is 11.8. The van der Waals surface area contributed by atoms with Crippen LogP contribution >= 0.6 is 23.2 Å². The fourth-order valence-electron chi connectivity index (χ4n) is 1.41. The van der Waals surface area contributed by atoms with E-state index in [0.717, 1.165) is 13.0 Å². The lowest BCUT2D eigenvalue weighted by Gasteiger charge is -2.12. The first-order chi connectivity index (χ1) is 7.63. The van der Waals surface area contributed by atoms with Crippen LogP contribution in [0.5, 0.6) is 5.75 Å². The van der Waals surface area contributed by atoms with Crippen LogP contribution < -0.4 is 10.1 Å². The molecule has 1 atom stereocenters. The van der Waals surface area contributed by atoms with E-state index >= 15 is 0 Å². The smallest absolute Gasteiger partial charge is 0.137 e. The van der Waals surface area contributed by atoms with E-state index in [-0.39, 0.29) is 0 Å². The van der Waals surface area contributed by atoms with Crippen LogP contribution in [0.4, 0.5) is 0 Å². The Labute approximate surface area is 107 Å². The number of ether oxygens (including phenoxy) is 1. The maximum absolute atomic E-state index is 5.98. The topological polar surface area (TPSA) is 21.3 Å². The predicted molar refractivity (Wildman–Crippen MR) is 69.7 cm³/mol. The summed E-state index contributed by atoms with van der Waals surface area (Å²) in [4.78, 5) is 0. The highest BCUT2D eigenvalue weighted by Crippen LogP contribution is 2.27. The molecule has 0 bridgehead atoms. The Kier molecular flexibility index (Phi) is 5.96. The molecule has 0 aromatic heterocycles. The van der Waals surface area contributed by atoms with Gasteiger partial charge in [-0.15, -0.1) is 0 Å². The van der Waals surface area contributed by atoms with Crippen molar-refractivity contribution in [3.63, 3.8) is 0 Å². The second-order valence-electron chi connectivity index (χ2n) is 3.87. The van der Waals surface area contributed by atoms with E-state index in [9.17, 15) is 0 Å². The van der Waals surface area contributed by atoms with E-state index in [1.807, 2.05) is 7.05 Å². The van der Waals surface area contributed by atoms with Crippen LogP contribution in [0, 0.1) is 5.92 Å². The number of benzene rings is 1. The number of nitrogens with one attached hydrogen (secondary N) is 1. The Balaban J connectivity index is 2.37. The Morgan fingerprint density at radius 1 is 1.38 bits per heavy atom. The SMILES string of the molecule is CNCC(C)CCOc1ccc(Cl)cc1Cl. The molecular weight excluding hydrogens is 245 g/mol. The molecular formula is C12H17Cl2NO. The Hall–Kier alpha value is -0.440. The molecule has 1 aromatic rings. The molecule has 0 saturated heterocycles. The van der Waals surface area contributed by atoms with Crippen molar-refractivity contribution in [2.45, 2.75) is 13.3 Å². The Morgan fingerprint density at radius 2 is 2.12 bits per heavy atom. The van der Waals surface area contributed by atoms with Crippen molar-refractivity contribution in [3.8, 4) is 5.75 Å². The fourth-order valence-corrected chi connectivity index (χ4v) is 1.88. The van der Waals surface area contributed by atoms with Gasteiger partial charge in [-0.1, -0.05) is 30.1 Å². The van der Waals surface area contributed by atoms with E-state index < -0.39 is 0 Å². The molecule has 2 nitrogen and oxygen atoms in total. The summed E-state index contributed by atoms with van der Waals surface area (Å²) in [6, 6.07) is 5.27. The van der Waals surface area contributed by atoms with E-state index in [0.29, 0.717) is 28.3 Å². The van der Waals surface area contributed by atoms with Gasteiger partial charge in [0.05, 0.1) is 11.6 Å². The van der Waals surface area contributed by atoms with Crippen molar-refractivity contribution in [3.05, 3.63) is 28.2 Å². The number of rotatable bonds is 6. The second kappa shape index (κ2) is 7.00. The molecule has 1 unspecified atom stereocenters. The number of hydrogen-bond acceptors (Lipinski definition) is 2. The lowest BCUT2D eigenvalue weighted by molar-refractivity contribution is 0.282. The van der Waals surface area contributed by atoms with Crippen LogP contribution in [0.1, 0.15) is 13.3 Å². The summed E-state index contributed by atoms with van der Waals surface area (Å²) in [5, 5.41) is 4.33. The van der Waals surface area contributed by atoms with Gasteiger partial charge in [-0.2, -0.15) is 0 Å². The molecule has 16 heavy (non-hydrogen) atoms. The Bertz CT molecular complexity index is 331. The molecule has 0 saturated carbocycles. The van der Waals surface area contributed by atoms with Gasteiger partial charge in [0, 0.05) is 5.02 Å². The summed E-state index contributed by atoms with van der Waals surface area (Å²) < 4.78 is 5.59. The van der Waals surface area contributed by atoms with Crippen LogP contribution in [-0.2, 0) is 0 Å². The third kappa shape index (κ3) is 4.60. The van der Waals surface area contributed by atoms with Crippen molar-refractivity contribution in [2.75, 3.05) is 20.2 Å². The average molecular weight is 262 g/mol. The molecule has 0 aliphatic heterocycles. The van der Waals surface area contributed by atoms with Crippen LogP contribution in [-0.4, -0.2) is 20.2 Å². The molecule has 1 N–H and O–H groups in total. The molecule has 1 aromatic carbocycles. The monoisotopic (exact) mass is 261 g/mol. The Morgan fingerprint density at radius 3 is 2.75 bits per heavy atom. The first kappa shape index (κ1) is 13.6. The van der Waals surface area contributed by atoms with Crippen molar-refractivity contribution in [1.82, 2.24) is 5.32 Å². The minimum absolute atomic E-state index is 0.564. The van der Waals surface area contributed by atoms with Crippen LogP contribution in [0.25, 0.3) is 0 Å². The summed E-state index contributed by atoms with van der Waals surface area (Å²) in [6.45, 7) is 3.85. The largest absolute Gasteiger partial charge is 0.492 e. The lowest BCUT2D eigenvalue weighted by Crippen LogP contribution is -2.18. The zero-order valence-electron chi connectivity index (χ0n) is 9.59. The van der Waals surface area contributed by atoms with Gasteiger partial charge in [0.1, 0.15) is 5.75 Å². The molecule has 0 aliphatic rings. The van der Waals surface area contributed by atoms with Gasteiger partial charge in [-0.05, 0) is 44.1 Å². The van der Waals surface area contributed by atoms with Gasteiger partial charge in [0.25, 0.3) is 0 Å². The van der Waals surface area contributed by atoms with Crippen LogP contribution in [0.15, 0.2) is 18.2 Å². The summed E-state index contributed by atoms with van der Waals surface area (Å²) in [7, 11) is 1.95. The second-order valence-corrected chi connectivity index (χ2v) is 4.72. The summed E-state index contributed by atoms with van der Waals surface area (Å²) in [5.74, 6) is 1.29. The van der Waals surface area contributed by atoms with Crippen molar-refractivity contribution in [1.29, 1.82) is 0 Å². The highest BCUT2D eigenvalue weighted by Gasteiger charge is 2.04. The van der Waals surface area contributed by atoms with Crippen molar-refractivity contribution >= 4 is 23.2 Å². The molecule has 0 spiro atoms. The summed E-state index contributed by atoms with van der Waals surface area (Å²) in [6.07, 6.45) is 1.000. The molecule has 0 heterocycles. The van der Waals surface area contributed by atoms with Gasteiger partial charge < -0.3 is 10.1 Å². The molecule has 1 rings (SSSR count). The molecule has 0 aliphatic carbocycles. The lowest BCUT2D eigenvalue weighted by atomic mass is 10.1. The molecule has 0 fully saturated rings. The van der Waals surface area contributed by atoms with E-state index in [1.165, 1.54) is 0 Å². The minimum atomic E-state index is 0.564. The molecule has 0 amide bonds. The van der Waals surface area contributed by atoms with Gasteiger partial charge in [-0.25, -0.2) is 0 Å². The fraction of sp³-hybridized carbons (Fsp3) is 0.500. The van der Waals surface area contributed by atoms with Gasteiger partial charge >= 0.3 is 0 Å². The van der Waals surface area contributed by atoms with Gasteiger partial charge in [0.15, 0.2) is 0 Å². The zero-order chi connectivity index (χ0) is 12.0. The summed E-state index contributed by atoms with van der Waals surface area (Å²) in [5.41, 5.74) is 0. The maximum Gasteiger partial charge on any atom is 0.137 e. The van der Waals surface area contributed by atoms with Crippen molar-refractivity contribution < 1.29 is 4.74 Å². The van der Waals surface area contributed by atoms with Crippen LogP contribution in [0.2, 0.25) is 10.0 Å². The maximum atomic E-state index is 5.98.